The maximum absolute atomic E-state index is 12.8. The second kappa shape index (κ2) is 24.8. The van der Waals surface area contributed by atoms with E-state index in [1.165, 1.54) is 24.2 Å². The summed E-state index contributed by atoms with van der Waals surface area (Å²) in [6, 6.07) is 0. The topological polar surface area (TPSA) is 76.1 Å². The van der Waals surface area contributed by atoms with Gasteiger partial charge in [-0.3, -0.25) is 14.4 Å². The second-order valence-corrected chi connectivity index (χ2v) is 10.9. The summed E-state index contributed by atoms with van der Waals surface area (Å²) in [6.07, 6.45) is 17.6. The van der Waals surface area contributed by atoms with Gasteiger partial charge in [-0.1, -0.05) is 89.6 Å². The smallest absolute Gasteiger partial charge is 0.326 e. The molecule has 0 radical (unpaired) electrons. The third-order valence-corrected chi connectivity index (χ3v) is 6.84. The number of thioether (sulfide) groups is 1. The lowest BCUT2D eigenvalue weighted by Gasteiger charge is -2.23. The lowest BCUT2D eigenvalue weighted by atomic mass is 10.0. The minimum atomic E-state index is -0.521. The quantitative estimate of drug-likeness (QED) is 0.0794. The van der Waals surface area contributed by atoms with Crippen LogP contribution in [-0.2, 0) is 19.1 Å². The van der Waals surface area contributed by atoms with Crippen LogP contribution in [0.3, 0.4) is 0 Å². The zero-order valence-corrected chi connectivity index (χ0v) is 25.1. The van der Waals surface area contributed by atoms with Crippen LogP contribution in [0, 0.1) is 0 Å². The van der Waals surface area contributed by atoms with E-state index in [1.54, 1.807) is 0 Å². The van der Waals surface area contributed by atoms with Gasteiger partial charge in [-0.05, 0) is 52.6 Å². The van der Waals surface area contributed by atoms with Gasteiger partial charge in [0.15, 0.2) is 0 Å². The van der Waals surface area contributed by atoms with Crippen LogP contribution in [0.15, 0.2) is 12.2 Å². The Kier molecular flexibility index (Phi) is 23.7. The predicted molar refractivity (Wildman–Crippen MR) is 155 cm³/mol. The van der Waals surface area contributed by atoms with Gasteiger partial charge < -0.3 is 19.3 Å². The van der Waals surface area contributed by atoms with Crippen molar-refractivity contribution >= 4 is 28.9 Å². The maximum atomic E-state index is 12.8. The van der Waals surface area contributed by atoms with Crippen LogP contribution >= 0.6 is 11.8 Å². The number of hydrogen-bond acceptors (Lipinski definition) is 7. The molecule has 0 unspecified atom stereocenters. The molecule has 0 aliphatic rings. The largest absolute Gasteiger partial charge is 0.461 e. The first kappa shape index (κ1) is 35.5. The molecule has 0 aliphatic heterocycles. The number of nitrogens with zero attached hydrogens (tertiary/aromatic N) is 2. The molecular weight excluding hydrogens is 488 g/mol. The molecule has 0 N–H and O–H groups in total. The summed E-state index contributed by atoms with van der Waals surface area (Å²) in [6.45, 7) is 6.88. The summed E-state index contributed by atoms with van der Waals surface area (Å²) >= 11 is 1.11. The van der Waals surface area contributed by atoms with Gasteiger partial charge in [0.25, 0.3) is 5.24 Å². The summed E-state index contributed by atoms with van der Waals surface area (Å²) in [5.41, 5.74) is 0. The summed E-state index contributed by atoms with van der Waals surface area (Å²) in [5.74, 6) is -0.407. The van der Waals surface area contributed by atoms with Crippen LogP contribution in [0.5, 0.6) is 0 Å². The lowest BCUT2D eigenvalue weighted by Crippen LogP contribution is -2.39. The predicted octanol–water partition coefficient (Wildman–Crippen LogP) is 6.85. The monoisotopic (exact) mass is 542 g/mol. The molecule has 37 heavy (non-hydrogen) atoms. The van der Waals surface area contributed by atoms with Gasteiger partial charge in [-0.25, -0.2) is 0 Å². The van der Waals surface area contributed by atoms with E-state index in [-0.39, 0.29) is 31.0 Å². The fourth-order valence-electron chi connectivity index (χ4n) is 3.69. The molecule has 0 aromatic rings. The standard InChI is InChI=1S/C29H54N2O5S/c1-6-9-12-13-14-15-18-22-35-27(32)24-31(29(34)37-23-21-30(4)5)25-28(33)36-26(19-16-10-7-2)20-17-11-8-3/h15,18,26H,6-14,16-17,19-25H2,1-5H3/b18-15-. The molecule has 0 aromatic heterocycles. The first-order valence-electron chi connectivity index (χ1n) is 14.4. The van der Waals surface area contributed by atoms with Gasteiger partial charge in [0, 0.05) is 12.3 Å². The van der Waals surface area contributed by atoms with Gasteiger partial charge in [0.05, 0.1) is 0 Å². The van der Waals surface area contributed by atoms with Crippen LogP contribution in [0.2, 0.25) is 0 Å². The molecule has 0 saturated carbocycles. The molecule has 216 valence electrons. The van der Waals surface area contributed by atoms with Crippen molar-refractivity contribution in [3.05, 3.63) is 12.2 Å². The van der Waals surface area contributed by atoms with Crippen molar-refractivity contribution in [2.24, 2.45) is 0 Å². The Morgan fingerprint density at radius 1 is 0.784 bits per heavy atom. The zero-order valence-electron chi connectivity index (χ0n) is 24.3. The molecule has 0 fully saturated rings. The fraction of sp³-hybridized carbons (Fsp3) is 0.828. The van der Waals surface area contributed by atoms with E-state index < -0.39 is 11.9 Å². The molecular formula is C29H54N2O5S. The van der Waals surface area contributed by atoms with E-state index in [0.717, 1.165) is 82.5 Å². The van der Waals surface area contributed by atoms with Crippen molar-refractivity contribution in [1.82, 2.24) is 9.80 Å². The molecule has 0 heterocycles. The number of ether oxygens (including phenoxy) is 2. The van der Waals surface area contributed by atoms with E-state index in [2.05, 4.69) is 20.8 Å². The summed E-state index contributed by atoms with van der Waals surface area (Å²) < 4.78 is 11.1. The normalized spacial score (nSPS) is 11.4. The van der Waals surface area contributed by atoms with Gasteiger partial charge >= 0.3 is 11.9 Å². The average Bonchev–Trinajstić information content (AvgIpc) is 2.85. The Bertz CT molecular complexity index is 617. The first-order valence-corrected chi connectivity index (χ1v) is 15.4. The van der Waals surface area contributed by atoms with Gasteiger partial charge in [0.2, 0.25) is 0 Å². The van der Waals surface area contributed by atoms with Crippen molar-refractivity contribution in [3.63, 3.8) is 0 Å². The van der Waals surface area contributed by atoms with Crippen LogP contribution in [0.4, 0.5) is 4.79 Å². The Balaban J connectivity index is 4.91. The fourth-order valence-corrected chi connectivity index (χ4v) is 4.64. The van der Waals surface area contributed by atoms with E-state index in [1.807, 2.05) is 31.1 Å². The SMILES string of the molecule is CCCCCC/C=C\COC(=O)CN(CC(=O)OC(CCCCC)CCCCC)C(=O)SCCN(C)C. The van der Waals surface area contributed by atoms with Crippen molar-refractivity contribution < 1.29 is 23.9 Å². The number of hydrogen-bond donors (Lipinski definition) is 0. The van der Waals surface area contributed by atoms with E-state index in [4.69, 9.17) is 9.47 Å². The van der Waals surface area contributed by atoms with Crippen molar-refractivity contribution in [2.45, 2.75) is 110 Å². The van der Waals surface area contributed by atoms with E-state index in [0.29, 0.717) is 5.75 Å². The van der Waals surface area contributed by atoms with Crippen molar-refractivity contribution in [2.75, 3.05) is 46.1 Å². The Morgan fingerprint density at radius 3 is 1.97 bits per heavy atom. The third-order valence-electron chi connectivity index (χ3n) is 5.95. The molecule has 0 aromatic carbocycles. The minimum absolute atomic E-state index is 0.140. The molecule has 7 nitrogen and oxygen atoms in total. The number of carbonyl (C=O) groups excluding carboxylic acids is 3. The average molecular weight is 543 g/mol. The molecule has 0 rings (SSSR count). The third kappa shape index (κ3) is 22.2. The van der Waals surface area contributed by atoms with Crippen molar-refractivity contribution in [3.8, 4) is 0 Å². The number of allylic oxidation sites excluding steroid dienone is 1. The lowest BCUT2D eigenvalue weighted by molar-refractivity contribution is -0.151. The van der Waals surface area contributed by atoms with Crippen molar-refractivity contribution in [1.29, 1.82) is 0 Å². The van der Waals surface area contributed by atoms with Gasteiger partial charge in [0.1, 0.15) is 25.8 Å². The van der Waals surface area contributed by atoms with Crippen LogP contribution < -0.4 is 0 Å². The second-order valence-electron chi connectivity index (χ2n) is 9.88. The summed E-state index contributed by atoms with van der Waals surface area (Å²) in [5, 5.41) is -0.310. The van der Waals surface area contributed by atoms with Gasteiger partial charge in [-0.2, -0.15) is 0 Å². The Hall–Kier alpha value is -1.54. The Labute approximate surface area is 231 Å². The number of unbranched alkanes of at least 4 members (excludes halogenated alkanes) is 8. The first-order chi connectivity index (χ1) is 17.8. The van der Waals surface area contributed by atoms with Crippen LogP contribution in [-0.4, -0.2) is 79.2 Å². The van der Waals surface area contributed by atoms with E-state index >= 15 is 0 Å². The van der Waals surface area contributed by atoms with Crippen LogP contribution in [0.25, 0.3) is 0 Å². The molecule has 0 bridgehead atoms. The highest BCUT2D eigenvalue weighted by Gasteiger charge is 2.24. The molecule has 1 amide bonds. The number of carbonyl (C=O) groups is 3. The Morgan fingerprint density at radius 2 is 1.38 bits per heavy atom. The minimum Gasteiger partial charge on any atom is -0.461 e. The maximum Gasteiger partial charge on any atom is 0.326 e. The highest BCUT2D eigenvalue weighted by molar-refractivity contribution is 8.13. The summed E-state index contributed by atoms with van der Waals surface area (Å²) in [4.78, 5) is 41.3. The molecule has 0 spiro atoms. The number of rotatable bonds is 23. The van der Waals surface area contributed by atoms with Gasteiger partial charge in [-0.15, -0.1) is 0 Å². The number of esters is 2. The highest BCUT2D eigenvalue weighted by Crippen LogP contribution is 2.16. The number of amides is 1. The van der Waals surface area contributed by atoms with Crippen LogP contribution in [0.1, 0.15) is 104 Å². The molecule has 0 atom stereocenters. The zero-order chi connectivity index (χ0) is 27.7. The van der Waals surface area contributed by atoms with E-state index in [9.17, 15) is 14.4 Å². The molecule has 0 aliphatic carbocycles. The summed E-state index contributed by atoms with van der Waals surface area (Å²) in [7, 11) is 3.87. The highest BCUT2D eigenvalue weighted by atomic mass is 32.2. The molecule has 0 saturated heterocycles. The molecule has 8 heteroatoms.